The average Bonchev–Trinajstić information content (AvgIpc) is 0.988. The van der Waals surface area contributed by atoms with Crippen molar-refractivity contribution in [3.05, 3.63) is 400 Å². The van der Waals surface area contributed by atoms with Gasteiger partial charge >= 0.3 is 0 Å². The summed E-state index contributed by atoms with van der Waals surface area (Å²) < 4.78 is 4.96. The predicted octanol–water partition coefficient (Wildman–Crippen LogP) is 27.1. The van der Waals surface area contributed by atoms with Crippen LogP contribution in [0.2, 0.25) is 0 Å². The summed E-state index contributed by atoms with van der Waals surface area (Å²) >= 11 is 0. The van der Waals surface area contributed by atoms with Crippen molar-refractivity contribution >= 4 is 99.0 Å². The van der Waals surface area contributed by atoms with Gasteiger partial charge < -0.3 is 18.9 Å². The van der Waals surface area contributed by atoms with Gasteiger partial charge in [-0.05, 0) is 191 Å². The van der Waals surface area contributed by atoms with Crippen molar-refractivity contribution in [1.29, 1.82) is 0 Å². The average molecular weight is 1300 g/mol. The van der Waals surface area contributed by atoms with Crippen molar-refractivity contribution < 1.29 is 0 Å². The molecule has 0 N–H and O–H groups in total. The van der Waals surface area contributed by atoms with Crippen molar-refractivity contribution in [2.45, 2.75) is 12.3 Å². The fraction of sp³-hybridized carbons (Fsp3) is 0.0204. The summed E-state index contributed by atoms with van der Waals surface area (Å²) in [5.74, 6) is 0.213. The predicted molar refractivity (Wildman–Crippen MR) is 432 cm³/mol. The Labute approximate surface area is 593 Å². The minimum atomic E-state index is 0.213. The van der Waals surface area contributed by atoms with E-state index in [0.29, 0.717) is 0 Å². The molecule has 1 atom stereocenters. The summed E-state index contributed by atoms with van der Waals surface area (Å²) in [5, 5.41) is 12.0. The summed E-state index contributed by atoms with van der Waals surface area (Å²) in [7, 11) is 0. The van der Waals surface area contributed by atoms with E-state index >= 15 is 0 Å². The fourth-order valence-corrected chi connectivity index (χ4v) is 16.2. The fourth-order valence-electron chi connectivity index (χ4n) is 16.2. The van der Waals surface area contributed by atoms with E-state index in [-0.39, 0.29) is 5.92 Å². The van der Waals surface area contributed by atoms with Gasteiger partial charge in [0, 0.05) is 67.8 Å². The SMILES string of the molecule is C1=CCC(c2c(-c3ccccc3)n(-c3ccccc3)c3cc(N(c4ccc(-c5c6ccccc6c(-c6ccc(N(c7ccc8ccccc8c7)c7ccc8c(-c9ccccc9)c(-c9ccccc9)n(-c9ccccc9)c8c7)cc6)c6ccccc56)cc4)c4ccc5ccccc5c4)ccc23)C=C1. The van der Waals surface area contributed by atoms with Crippen molar-refractivity contribution in [3.63, 3.8) is 0 Å². The van der Waals surface area contributed by atoms with Crippen molar-refractivity contribution in [2.24, 2.45) is 0 Å². The second kappa shape index (κ2) is 25.5. The van der Waals surface area contributed by atoms with Gasteiger partial charge in [-0.2, -0.15) is 0 Å². The van der Waals surface area contributed by atoms with Gasteiger partial charge in [0.2, 0.25) is 0 Å². The number of anilines is 6. The van der Waals surface area contributed by atoms with Gasteiger partial charge in [-0.1, -0.05) is 297 Å². The smallest absolute Gasteiger partial charge is 0.0619 e. The number of para-hydroxylation sites is 2. The summed E-state index contributed by atoms with van der Waals surface area (Å²) in [6.45, 7) is 0. The number of nitrogens with zero attached hydrogens (tertiary/aromatic N) is 4. The number of hydrogen-bond acceptors (Lipinski definition) is 2. The summed E-state index contributed by atoms with van der Waals surface area (Å²) in [6.07, 6.45) is 10.0. The van der Waals surface area contributed by atoms with E-state index in [1.165, 1.54) is 92.9 Å². The highest BCUT2D eigenvalue weighted by atomic mass is 15.2. The van der Waals surface area contributed by atoms with E-state index < -0.39 is 0 Å². The highest BCUT2D eigenvalue weighted by Gasteiger charge is 2.29. The van der Waals surface area contributed by atoms with Crippen LogP contribution in [0.15, 0.2) is 394 Å². The largest absolute Gasteiger partial charge is 0.310 e. The highest BCUT2D eigenvalue weighted by Crippen LogP contribution is 2.51. The molecule has 16 aromatic carbocycles. The van der Waals surface area contributed by atoms with Gasteiger partial charge in [-0.25, -0.2) is 0 Å². The zero-order valence-corrected chi connectivity index (χ0v) is 56.1. The number of rotatable bonds is 14. The molecule has 0 bridgehead atoms. The van der Waals surface area contributed by atoms with Crippen LogP contribution in [0, 0.1) is 0 Å². The van der Waals surface area contributed by atoms with E-state index in [1.807, 2.05) is 0 Å². The number of hydrogen-bond donors (Lipinski definition) is 0. The molecule has 0 spiro atoms. The van der Waals surface area contributed by atoms with Crippen LogP contribution in [0.4, 0.5) is 34.1 Å². The lowest BCUT2D eigenvalue weighted by molar-refractivity contribution is 0.860. The first-order chi connectivity index (χ1) is 50.6. The topological polar surface area (TPSA) is 16.3 Å². The Bertz CT molecular complexity index is 6190. The molecule has 1 aliphatic rings. The van der Waals surface area contributed by atoms with E-state index in [4.69, 9.17) is 0 Å². The van der Waals surface area contributed by atoms with Gasteiger partial charge in [-0.15, -0.1) is 0 Å². The Kier molecular flexibility index (Phi) is 15.0. The van der Waals surface area contributed by atoms with Crippen LogP contribution in [-0.4, -0.2) is 9.13 Å². The van der Waals surface area contributed by atoms with Crippen LogP contribution >= 0.6 is 0 Å². The number of fused-ring (bicyclic) bond motifs is 6. The minimum Gasteiger partial charge on any atom is -0.310 e. The van der Waals surface area contributed by atoms with Crippen LogP contribution in [-0.2, 0) is 0 Å². The molecule has 4 heteroatoms. The molecular weight excluding hydrogens is 1230 g/mol. The molecule has 18 aromatic rings. The Morgan fingerprint density at radius 2 is 0.598 bits per heavy atom. The van der Waals surface area contributed by atoms with Gasteiger partial charge in [0.05, 0.1) is 22.4 Å². The third kappa shape index (κ3) is 10.5. The first-order valence-corrected chi connectivity index (χ1v) is 35.3. The Balaban J connectivity index is 0.744. The molecule has 4 nitrogen and oxygen atoms in total. The summed E-state index contributed by atoms with van der Waals surface area (Å²) in [4.78, 5) is 4.87. The number of benzene rings is 16. The highest BCUT2D eigenvalue weighted by molar-refractivity contribution is 6.21. The standard InChI is InChI=1S/C98H68N4/c1-7-29-69(30-8-1)95-89-61-59-83(65-91(89)101(77-39-15-5-16-40-77)97(95)73-33-11-3-12-34-73)99(81-57-47-67-27-19-21-37-75(67)63-81)79-53-49-71(50-54-79)93-85-43-23-25-45-87(85)94(88-46-26-24-44-86(88)93)72-51-55-80(56-52-72)100(82-58-48-68-28-20-22-38-76(68)64-82)84-60-62-90-92(66-84)102(78-41-17-6-18-42-78)98(74-35-13-4-14-36-74)96(90)70-31-9-2-10-32-70/h1-31,33-66,70H,32H2. The molecule has 0 amide bonds. The molecule has 1 unspecified atom stereocenters. The molecule has 2 aromatic heterocycles. The number of allylic oxidation sites excluding steroid dienone is 4. The quantitative estimate of drug-likeness (QED) is 0.101. The summed E-state index contributed by atoms with van der Waals surface area (Å²) in [6, 6.07) is 136. The van der Waals surface area contributed by atoms with E-state index in [1.54, 1.807) is 0 Å². The lowest BCUT2D eigenvalue weighted by atomic mass is 9.86. The van der Waals surface area contributed by atoms with Gasteiger partial charge in [0.15, 0.2) is 0 Å². The third-order valence-electron chi connectivity index (χ3n) is 20.7. The molecule has 0 saturated carbocycles. The first-order valence-electron chi connectivity index (χ1n) is 35.3. The van der Waals surface area contributed by atoms with Crippen LogP contribution in [0.1, 0.15) is 17.9 Å². The van der Waals surface area contributed by atoms with Gasteiger partial charge in [0.25, 0.3) is 0 Å². The van der Waals surface area contributed by atoms with Gasteiger partial charge in [0.1, 0.15) is 0 Å². The van der Waals surface area contributed by atoms with Crippen LogP contribution in [0.25, 0.3) is 132 Å². The molecule has 102 heavy (non-hydrogen) atoms. The maximum absolute atomic E-state index is 2.50. The molecule has 2 heterocycles. The van der Waals surface area contributed by atoms with E-state index in [0.717, 1.165) is 85.3 Å². The van der Waals surface area contributed by atoms with Gasteiger partial charge in [-0.3, -0.25) is 0 Å². The monoisotopic (exact) mass is 1300 g/mol. The molecule has 0 saturated heterocycles. The zero-order valence-electron chi connectivity index (χ0n) is 56.1. The number of aromatic nitrogens is 2. The lowest BCUT2D eigenvalue weighted by Crippen LogP contribution is -2.10. The van der Waals surface area contributed by atoms with E-state index in [9.17, 15) is 0 Å². The molecular formula is C98H68N4. The first kappa shape index (κ1) is 59.9. The maximum Gasteiger partial charge on any atom is 0.0619 e. The Hall–Kier alpha value is -13.3. The van der Waals surface area contributed by atoms with Crippen LogP contribution in [0.3, 0.4) is 0 Å². The molecule has 480 valence electrons. The minimum absolute atomic E-state index is 0.213. The van der Waals surface area contributed by atoms with Crippen molar-refractivity contribution in [1.82, 2.24) is 9.13 Å². The van der Waals surface area contributed by atoms with Crippen molar-refractivity contribution in [2.75, 3.05) is 9.80 Å². The molecule has 0 aliphatic heterocycles. The summed E-state index contributed by atoms with van der Waals surface area (Å²) in [5.41, 5.74) is 24.1. The normalized spacial score (nSPS) is 12.9. The third-order valence-corrected chi connectivity index (χ3v) is 20.7. The van der Waals surface area contributed by atoms with Crippen LogP contribution in [0.5, 0.6) is 0 Å². The Morgan fingerprint density at radius 3 is 1.06 bits per heavy atom. The molecule has 19 rings (SSSR count). The maximum atomic E-state index is 2.50. The molecule has 1 aliphatic carbocycles. The second-order valence-electron chi connectivity index (χ2n) is 26.7. The molecule has 0 fully saturated rings. The Morgan fingerprint density at radius 1 is 0.245 bits per heavy atom. The zero-order chi connectivity index (χ0) is 67.5. The molecule has 0 radical (unpaired) electrons. The lowest BCUT2D eigenvalue weighted by Gasteiger charge is -2.27. The van der Waals surface area contributed by atoms with E-state index in [2.05, 4.69) is 413 Å². The van der Waals surface area contributed by atoms with Crippen LogP contribution < -0.4 is 9.80 Å². The van der Waals surface area contributed by atoms with Crippen molar-refractivity contribution in [3.8, 4) is 67.3 Å². The second-order valence-corrected chi connectivity index (χ2v) is 26.7.